The average molecular weight is 473 g/mol. The molecule has 0 spiro atoms. The number of primary amides is 1. The predicted octanol–water partition coefficient (Wildman–Crippen LogP) is 1.93. The van der Waals surface area contributed by atoms with Gasteiger partial charge in [0.05, 0.1) is 0 Å². The molecule has 5 N–H and O–H groups in total. The lowest BCUT2D eigenvalue weighted by Crippen LogP contribution is -2.36. The molecule has 0 unspecified atom stereocenters. The molecule has 2 aromatic rings. The molecular weight excluding hydrogens is 444 g/mol. The Morgan fingerprint density at radius 2 is 2.00 bits per heavy atom. The summed E-state index contributed by atoms with van der Waals surface area (Å²) in [5.74, 6) is -0.815. The number of amides is 4. The third-order valence-electron chi connectivity index (χ3n) is 5.52. The minimum Gasteiger partial charge on any atom is -0.472 e. The van der Waals surface area contributed by atoms with Crippen molar-refractivity contribution in [2.45, 2.75) is 38.3 Å². The van der Waals surface area contributed by atoms with Gasteiger partial charge in [-0.1, -0.05) is 12.1 Å². The molecule has 10 nitrogen and oxygen atoms in total. The van der Waals surface area contributed by atoms with Crippen LogP contribution in [0.4, 0.5) is 9.80 Å². The van der Waals surface area contributed by atoms with Crippen molar-refractivity contribution >= 4 is 34.4 Å². The van der Waals surface area contributed by atoms with Crippen molar-refractivity contribution in [2.24, 2.45) is 5.73 Å². The van der Waals surface area contributed by atoms with Crippen molar-refractivity contribution in [1.29, 1.82) is 0 Å². The number of nitrogens with two attached hydrogens (primary N) is 1. The summed E-state index contributed by atoms with van der Waals surface area (Å²) >= 11 is 0.926. The first-order valence-corrected chi connectivity index (χ1v) is 11.9. The third kappa shape index (κ3) is 6.42. The second-order valence-corrected chi connectivity index (χ2v) is 9.00. The molecule has 2 aliphatic rings. The Morgan fingerprint density at radius 3 is 2.73 bits per heavy atom. The predicted molar refractivity (Wildman–Crippen MR) is 125 cm³/mol. The van der Waals surface area contributed by atoms with Crippen LogP contribution in [0.3, 0.4) is 0 Å². The monoisotopic (exact) mass is 472 g/mol. The Labute approximate surface area is 196 Å². The molecule has 1 saturated heterocycles. The van der Waals surface area contributed by atoms with Gasteiger partial charge in [-0.15, -0.1) is 0 Å². The quantitative estimate of drug-likeness (QED) is 0.417. The maximum atomic E-state index is 12.2. The highest BCUT2D eigenvalue weighted by molar-refractivity contribution is 7.11. The molecule has 33 heavy (non-hydrogen) atoms. The number of likely N-dealkylation sites (tertiary alicyclic amines) is 1. The number of nitrogens with one attached hydrogen (secondary N) is 3. The van der Waals surface area contributed by atoms with Crippen LogP contribution in [0.2, 0.25) is 0 Å². The number of anilines is 1. The fourth-order valence-electron chi connectivity index (χ4n) is 3.61. The molecule has 0 atom stereocenters. The van der Waals surface area contributed by atoms with Crippen LogP contribution in [-0.2, 0) is 6.61 Å². The second-order valence-electron chi connectivity index (χ2n) is 8.22. The second kappa shape index (κ2) is 10.6. The lowest BCUT2D eigenvalue weighted by molar-refractivity contribution is 0.0949. The molecule has 0 bridgehead atoms. The zero-order valence-electron chi connectivity index (χ0n) is 18.3. The van der Waals surface area contributed by atoms with Gasteiger partial charge >= 0.3 is 6.03 Å². The summed E-state index contributed by atoms with van der Waals surface area (Å²) in [5, 5.41) is 8.60. The Hall–Kier alpha value is -3.18. The minimum absolute atomic E-state index is 0.0253. The minimum atomic E-state index is -0.747. The molecule has 2 heterocycles. The molecule has 4 rings (SSSR count). The van der Waals surface area contributed by atoms with E-state index in [0.717, 1.165) is 49.6 Å². The number of rotatable bonds is 10. The number of urea groups is 1. The summed E-state index contributed by atoms with van der Waals surface area (Å²) in [4.78, 5) is 38.8. The number of nitrogens with zero attached hydrogens (tertiary/aromatic N) is 2. The van der Waals surface area contributed by atoms with Gasteiger partial charge in [0.2, 0.25) is 5.88 Å². The maximum Gasteiger partial charge on any atom is 0.319 e. The number of aromatic nitrogens is 1. The van der Waals surface area contributed by atoms with Gasteiger partial charge in [0.25, 0.3) is 11.8 Å². The standard InChI is InChI=1S/C22H28N6O4S/c23-18(29)17-20(27-33-21(17)26-22(31)24-8-11-28-9-1-2-10-28)32-13-14-4-3-5-15(12-14)19(30)25-16-6-7-16/h3-5,12,16H,1-2,6-11,13H2,(H2,23,29)(H,25,30)(H2,24,26,31). The Balaban J connectivity index is 1.33. The summed E-state index contributed by atoms with van der Waals surface area (Å²) in [6, 6.07) is 6.91. The van der Waals surface area contributed by atoms with Gasteiger partial charge < -0.3 is 26.0 Å². The van der Waals surface area contributed by atoms with Crippen LogP contribution in [0.5, 0.6) is 5.88 Å². The third-order valence-corrected chi connectivity index (χ3v) is 6.27. The normalized spacial score (nSPS) is 15.8. The van der Waals surface area contributed by atoms with Crippen molar-refractivity contribution in [2.75, 3.05) is 31.5 Å². The number of hydrogen-bond acceptors (Lipinski definition) is 7. The molecular formula is C22H28N6O4S. The Morgan fingerprint density at radius 1 is 1.21 bits per heavy atom. The molecule has 2 fully saturated rings. The van der Waals surface area contributed by atoms with Gasteiger partial charge in [0, 0.05) is 24.7 Å². The van der Waals surface area contributed by atoms with Crippen LogP contribution in [-0.4, -0.2) is 59.3 Å². The largest absolute Gasteiger partial charge is 0.472 e. The fourth-order valence-corrected chi connectivity index (χ4v) is 4.34. The maximum absolute atomic E-state index is 12.2. The number of benzene rings is 1. The van der Waals surface area contributed by atoms with Crippen LogP contribution in [0.1, 0.15) is 52.0 Å². The van der Waals surface area contributed by atoms with E-state index in [2.05, 4.69) is 25.2 Å². The van der Waals surface area contributed by atoms with Crippen LogP contribution < -0.4 is 26.4 Å². The number of ether oxygens (including phenoxy) is 1. The van der Waals surface area contributed by atoms with Crippen molar-refractivity contribution in [3.63, 3.8) is 0 Å². The molecule has 1 aromatic heterocycles. The lowest BCUT2D eigenvalue weighted by Gasteiger charge is -2.14. The SMILES string of the molecule is NC(=O)c1c(OCc2cccc(C(=O)NC3CC3)c2)nsc1NC(=O)NCCN1CCCC1. The van der Waals surface area contributed by atoms with Crippen LogP contribution in [0, 0.1) is 0 Å². The Kier molecular flexibility index (Phi) is 7.40. The first kappa shape index (κ1) is 23.0. The number of carbonyl (C=O) groups excluding carboxylic acids is 3. The van der Waals surface area contributed by atoms with E-state index >= 15 is 0 Å². The summed E-state index contributed by atoms with van der Waals surface area (Å²) in [6.45, 7) is 3.49. The van der Waals surface area contributed by atoms with E-state index in [0.29, 0.717) is 12.1 Å². The van der Waals surface area contributed by atoms with Crippen LogP contribution in [0.15, 0.2) is 24.3 Å². The molecule has 176 valence electrons. The highest BCUT2D eigenvalue weighted by Crippen LogP contribution is 2.30. The topological polar surface area (TPSA) is 139 Å². The molecule has 0 radical (unpaired) electrons. The summed E-state index contributed by atoms with van der Waals surface area (Å²) in [5.41, 5.74) is 6.84. The van der Waals surface area contributed by atoms with Crippen molar-refractivity contribution in [3.8, 4) is 5.88 Å². The van der Waals surface area contributed by atoms with Gasteiger partial charge in [0.15, 0.2) is 0 Å². The molecule has 11 heteroatoms. The van der Waals surface area contributed by atoms with Crippen molar-refractivity contribution < 1.29 is 19.1 Å². The van der Waals surface area contributed by atoms with E-state index in [4.69, 9.17) is 10.5 Å². The van der Waals surface area contributed by atoms with Crippen LogP contribution >= 0.6 is 11.5 Å². The Bertz CT molecular complexity index is 1020. The average Bonchev–Trinajstić information content (AvgIpc) is 3.28. The number of hydrogen-bond donors (Lipinski definition) is 4. The number of carbonyl (C=O) groups is 3. The van der Waals surface area contributed by atoms with Gasteiger partial charge in [-0.05, 0) is 68.0 Å². The van der Waals surface area contributed by atoms with E-state index in [1.807, 2.05) is 6.07 Å². The van der Waals surface area contributed by atoms with Gasteiger partial charge in [-0.2, -0.15) is 4.37 Å². The van der Waals surface area contributed by atoms with Gasteiger partial charge in [0.1, 0.15) is 17.2 Å². The summed E-state index contributed by atoms with van der Waals surface area (Å²) in [6.07, 6.45) is 4.41. The highest BCUT2D eigenvalue weighted by atomic mass is 32.1. The van der Waals surface area contributed by atoms with E-state index in [1.54, 1.807) is 18.2 Å². The first-order chi connectivity index (χ1) is 16.0. The lowest BCUT2D eigenvalue weighted by atomic mass is 10.1. The van der Waals surface area contributed by atoms with E-state index in [1.165, 1.54) is 12.8 Å². The highest BCUT2D eigenvalue weighted by Gasteiger charge is 2.24. The van der Waals surface area contributed by atoms with Gasteiger partial charge in [-0.25, -0.2) is 4.79 Å². The molecule has 1 aliphatic carbocycles. The smallest absolute Gasteiger partial charge is 0.319 e. The molecule has 1 aromatic carbocycles. The van der Waals surface area contributed by atoms with E-state index in [9.17, 15) is 14.4 Å². The van der Waals surface area contributed by atoms with E-state index < -0.39 is 11.9 Å². The summed E-state index contributed by atoms with van der Waals surface area (Å²) < 4.78 is 9.85. The first-order valence-electron chi connectivity index (χ1n) is 11.1. The van der Waals surface area contributed by atoms with Crippen molar-refractivity contribution in [3.05, 3.63) is 41.0 Å². The zero-order valence-corrected chi connectivity index (χ0v) is 19.1. The molecule has 4 amide bonds. The molecule has 1 saturated carbocycles. The zero-order chi connectivity index (χ0) is 23.2. The van der Waals surface area contributed by atoms with Crippen molar-refractivity contribution in [1.82, 2.24) is 19.9 Å². The summed E-state index contributed by atoms with van der Waals surface area (Å²) in [7, 11) is 0. The fraction of sp³-hybridized carbons (Fsp3) is 0.455. The van der Waals surface area contributed by atoms with Gasteiger partial charge in [-0.3, -0.25) is 14.9 Å². The molecule has 1 aliphatic heterocycles. The van der Waals surface area contributed by atoms with Crippen LogP contribution in [0.25, 0.3) is 0 Å². The van der Waals surface area contributed by atoms with E-state index in [-0.39, 0.29) is 35.0 Å².